The highest BCUT2D eigenvalue weighted by atomic mass is 32.1. The summed E-state index contributed by atoms with van der Waals surface area (Å²) in [5, 5.41) is 12.1. The van der Waals surface area contributed by atoms with Crippen LogP contribution >= 0.6 is 22.7 Å². The molecule has 0 spiro atoms. The summed E-state index contributed by atoms with van der Waals surface area (Å²) in [5.41, 5.74) is 2.28. The van der Waals surface area contributed by atoms with Gasteiger partial charge in [-0.3, -0.25) is 14.9 Å². The highest BCUT2D eigenvalue weighted by Gasteiger charge is 2.17. The lowest BCUT2D eigenvalue weighted by Crippen LogP contribution is -2.35. The number of thiophene rings is 1. The van der Waals surface area contributed by atoms with Gasteiger partial charge in [-0.05, 0) is 49.5 Å². The highest BCUT2D eigenvalue weighted by Crippen LogP contribution is 2.21. The second-order valence-corrected chi connectivity index (χ2v) is 8.14. The van der Waals surface area contributed by atoms with Crippen molar-refractivity contribution < 1.29 is 14.0 Å². The molecule has 0 aliphatic rings. The maximum absolute atomic E-state index is 12.3. The molecule has 3 aromatic heterocycles. The molecule has 7 nitrogen and oxygen atoms in total. The molecule has 28 heavy (non-hydrogen) atoms. The Morgan fingerprint density at radius 3 is 2.75 bits per heavy atom. The SMILES string of the molecule is Cc1occc1C(=O)Nc1nc(CC(=O)NCC(c2ccsc2)N(C)C)cs1. The minimum atomic E-state index is -0.277. The maximum atomic E-state index is 12.3. The van der Waals surface area contributed by atoms with E-state index in [0.29, 0.717) is 28.7 Å². The summed E-state index contributed by atoms with van der Waals surface area (Å²) < 4.78 is 5.14. The number of hydrogen-bond donors (Lipinski definition) is 2. The van der Waals surface area contributed by atoms with Gasteiger partial charge < -0.3 is 14.6 Å². The molecule has 2 N–H and O–H groups in total. The number of nitrogens with one attached hydrogen (secondary N) is 2. The number of hydrogen-bond acceptors (Lipinski definition) is 7. The van der Waals surface area contributed by atoms with Crippen LogP contribution in [0.25, 0.3) is 0 Å². The van der Waals surface area contributed by atoms with E-state index >= 15 is 0 Å². The molecule has 0 saturated carbocycles. The van der Waals surface area contributed by atoms with E-state index in [1.54, 1.807) is 29.7 Å². The first-order valence-corrected chi connectivity index (χ1v) is 10.5. The molecule has 0 bridgehead atoms. The number of aromatic nitrogens is 1. The quantitative estimate of drug-likeness (QED) is 0.586. The molecule has 0 aliphatic carbocycles. The van der Waals surface area contributed by atoms with Gasteiger partial charge in [0.1, 0.15) is 5.76 Å². The zero-order valence-electron chi connectivity index (χ0n) is 15.9. The smallest absolute Gasteiger partial charge is 0.260 e. The number of aryl methyl sites for hydroxylation is 1. The van der Waals surface area contributed by atoms with Gasteiger partial charge in [0.2, 0.25) is 5.91 Å². The summed E-state index contributed by atoms with van der Waals surface area (Å²) in [6.07, 6.45) is 1.64. The summed E-state index contributed by atoms with van der Waals surface area (Å²) in [6, 6.07) is 3.80. The van der Waals surface area contributed by atoms with Crippen molar-refractivity contribution >= 4 is 39.6 Å². The Bertz CT molecular complexity index is 931. The van der Waals surface area contributed by atoms with E-state index in [-0.39, 0.29) is 24.3 Å². The Labute approximate surface area is 171 Å². The van der Waals surface area contributed by atoms with E-state index in [4.69, 9.17) is 4.42 Å². The highest BCUT2D eigenvalue weighted by molar-refractivity contribution is 7.14. The van der Waals surface area contributed by atoms with E-state index < -0.39 is 0 Å². The summed E-state index contributed by atoms with van der Waals surface area (Å²) in [6.45, 7) is 2.25. The molecule has 3 rings (SSSR count). The van der Waals surface area contributed by atoms with E-state index in [0.717, 1.165) is 0 Å². The van der Waals surface area contributed by atoms with Crippen LogP contribution in [-0.4, -0.2) is 42.3 Å². The molecule has 0 fully saturated rings. The van der Waals surface area contributed by atoms with Crippen LogP contribution in [0, 0.1) is 6.92 Å². The van der Waals surface area contributed by atoms with Crippen LogP contribution in [0.4, 0.5) is 5.13 Å². The number of thiazole rings is 1. The van der Waals surface area contributed by atoms with Crippen molar-refractivity contribution in [1.29, 1.82) is 0 Å². The molecule has 1 unspecified atom stereocenters. The van der Waals surface area contributed by atoms with Gasteiger partial charge in [-0.25, -0.2) is 4.98 Å². The standard InChI is InChI=1S/C19H22N4O3S2/c1-12-15(4-6-26-12)18(25)22-19-21-14(11-28-19)8-17(24)20-9-16(23(2)3)13-5-7-27-10-13/h4-7,10-11,16H,8-9H2,1-3H3,(H,20,24)(H,21,22,25). The summed E-state index contributed by atoms with van der Waals surface area (Å²) in [4.78, 5) is 30.9. The first kappa shape index (κ1) is 20.2. The van der Waals surface area contributed by atoms with E-state index in [9.17, 15) is 9.59 Å². The number of rotatable bonds is 8. The van der Waals surface area contributed by atoms with Crippen molar-refractivity contribution in [3.8, 4) is 0 Å². The second kappa shape index (κ2) is 9.13. The van der Waals surface area contributed by atoms with Gasteiger partial charge >= 0.3 is 0 Å². The van der Waals surface area contributed by atoms with Gasteiger partial charge in [0.25, 0.3) is 5.91 Å². The van der Waals surface area contributed by atoms with Crippen LogP contribution in [-0.2, 0) is 11.2 Å². The van der Waals surface area contributed by atoms with Crippen LogP contribution in [0.5, 0.6) is 0 Å². The molecule has 0 saturated heterocycles. The fourth-order valence-electron chi connectivity index (χ4n) is 2.73. The number of likely N-dealkylation sites (N-methyl/N-ethyl adjacent to an activating group) is 1. The minimum Gasteiger partial charge on any atom is -0.469 e. The maximum Gasteiger partial charge on any atom is 0.260 e. The molecule has 3 heterocycles. The van der Waals surface area contributed by atoms with Crippen LogP contribution in [0.15, 0.2) is 39.0 Å². The predicted molar refractivity (Wildman–Crippen MR) is 111 cm³/mol. The van der Waals surface area contributed by atoms with Crippen molar-refractivity contribution in [1.82, 2.24) is 15.2 Å². The Morgan fingerprint density at radius 2 is 2.11 bits per heavy atom. The fourth-order valence-corrected chi connectivity index (χ4v) is 4.14. The van der Waals surface area contributed by atoms with Crippen molar-refractivity contribution in [2.45, 2.75) is 19.4 Å². The van der Waals surface area contributed by atoms with Gasteiger partial charge in [-0.1, -0.05) is 0 Å². The Hall–Kier alpha value is -2.49. The molecule has 148 valence electrons. The first-order chi connectivity index (χ1) is 13.4. The number of carbonyl (C=O) groups excluding carboxylic acids is 2. The van der Waals surface area contributed by atoms with E-state index in [1.807, 2.05) is 19.5 Å². The van der Waals surface area contributed by atoms with Gasteiger partial charge in [0.05, 0.1) is 30.0 Å². The molecular formula is C19H22N4O3S2. The number of carbonyl (C=O) groups is 2. The third-order valence-corrected chi connectivity index (χ3v) is 5.77. The Morgan fingerprint density at radius 1 is 1.29 bits per heavy atom. The molecule has 0 aromatic carbocycles. The summed E-state index contributed by atoms with van der Waals surface area (Å²) in [7, 11) is 3.98. The van der Waals surface area contributed by atoms with Crippen LogP contribution in [0.3, 0.4) is 0 Å². The third kappa shape index (κ3) is 5.06. The average Bonchev–Trinajstić information content (AvgIpc) is 3.37. The number of furan rings is 1. The second-order valence-electron chi connectivity index (χ2n) is 6.51. The lowest BCUT2D eigenvalue weighted by molar-refractivity contribution is -0.120. The molecule has 2 amide bonds. The van der Waals surface area contributed by atoms with Crippen molar-refractivity contribution in [3.63, 3.8) is 0 Å². The lowest BCUT2D eigenvalue weighted by atomic mass is 10.1. The zero-order chi connectivity index (χ0) is 20.1. The Balaban J connectivity index is 1.52. The first-order valence-electron chi connectivity index (χ1n) is 8.69. The van der Waals surface area contributed by atoms with Crippen LogP contribution in [0.2, 0.25) is 0 Å². The van der Waals surface area contributed by atoms with E-state index in [2.05, 4.69) is 32.0 Å². The van der Waals surface area contributed by atoms with E-state index in [1.165, 1.54) is 23.2 Å². The minimum absolute atomic E-state index is 0.101. The molecular weight excluding hydrogens is 396 g/mol. The number of nitrogens with zero attached hydrogens (tertiary/aromatic N) is 2. The van der Waals surface area contributed by atoms with Crippen molar-refractivity contribution in [2.75, 3.05) is 26.0 Å². The summed E-state index contributed by atoms with van der Waals surface area (Å²) in [5.74, 6) is 0.173. The van der Waals surface area contributed by atoms with Crippen LogP contribution in [0.1, 0.15) is 33.4 Å². The molecule has 0 aliphatic heterocycles. The van der Waals surface area contributed by atoms with Crippen LogP contribution < -0.4 is 10.6 Å². The number of amides is 2. The Kier molecular flexibility index (Phi) is 6.61. The van der Waals surface area contributed by atoms with Gasteiger partial charge in [0, 0.05) is 11.9 Å². The lowest BCUT2D eigenvalue weighted by Gasteiger charge is -2.23. The normalized spacial score (nSPS) is 12.1. The van der Waals surface area contributed by atoms with Crippen molar-refractivity contribution in [2.24, 2.45) is 0 Å². The average molecular weight is 419 g/mol. The van der Waals surface area contributed by atoms with Crippen molar-refractivity contribution in [3.05, 3.63) is 57.1 Å². The summed E-state index contributed by atoms with van der Waals surface area (Å²) >= 11 is 2.93. The fraction of sp³-hybridized carbons (Fsp3) is 0.316. The third-order valence-electron chi connectivity index (χ3n) is 4.26. The predicted octanol–water partition coefficient (Wildman–Crippen LogP) is 3.32. The van der Waals surface area contributed by atoms with Gasteiger partial charge in [-0.2, -0.15) is 11.3 Å². The largest absolute Gasteiger partial charge is 0.469 e. The topological polar surface area (TPSA) is 87.5 Å². The number of anilines is 1. The molecule has 0 radical (unpaired) electrons. The molecule has 3 aromatic rings. The van der Waals surface area contributed by atoms with Gasteiger partial charge in [-0.15, -0.1) is 11.3 Å². The molecule has 9 heteroatoms. The zero-order valence-corrected chi connectivity index (χ0v) is 17.5. The monoisotopic (exact) mass is 418 g/mol. The molecule has 1 atom stereocenters. The van der Waals surface area contributed by atoms with Gasteiger partial charge in [0.15, 0.2) is 5.13 Å².